The lowest BCUT2D eigenvalue weighted by atomic mass is 10.4. The molecule has 1 rings (SSSR count). The molecule has 1 aliphatic heterocycles. The number of rotatable bonds is 9. The van der Waals surface area contributed by atoms with Crippen molar-refractivity contribution >= 4 is 17.0 Å². The number of hydrogen-bond acceptors (Lipinski definition) is 5. The summed E-state index contributed by atoms with van der Waals surface area (Å²) in [5.41, 5.74) is 0. The van der Waals surface area contributed by atoms with Gasteiger partial charge in [-0.3, -0.25) is 4.57 Å². The van der Waals surface area contributed by atoms with Crippen molar-refractivity contribution in [1.82, 2.24) is 9.47 Å². The van der Waals surface area contributed by atoms with Gasteiger partial charge in [-0.25, -0.2) is 0 Å². The van der Waals surface area contributed by atoms with Gasteiger partial charge in [-0.05, 0) is 40.0 Å². The first-order chi connectivity index (χ1) is 9.89. The molecule has 7 heteroatoms. The van der Waals surface area contributed by atoms with Crippen LogP contribution in [0, 0.1) is 0 Å². The second kappa shape index (κ2) is 8.76. The second-order valence-electron chi connectivity index (χ2n) is 6.33. The predicted octanol–water partition coefficient (Wildman–Crippen LogP) is 2.10. The first-order valence-corrected chi connectivity index (χ1v) is 13.2. The summed E-state index contributed by atoms with van der Waals surface area (Å²) < 4.78 is 20.8. The molecule has 0 aromatic heterocycles. The molecule has 0 radical (unpaired) electrons. The fraction of sp³-hybridized carbons (Fsp3) is 1.00. The highest BCUT2D eigenvalue weighted by molar-refractivity contribution is 6.74. The molecule has 1 aliphatic rings. The maximum atomic E-state index is 6.28. The molecule has 126 valence electrons. The minimum atomic E-state index is -2.29. The van der Waals surface area contributed by atoms with E-state index >= 15 is 0 Å². The molecule has 0 saturated carbocycles. The Bertz CT molecular complexity index is 292. The van der Waals surface area contributed by atoms with Crippen molar-refractivity contribution in [3.05, 3.63) is 0 Å². The lowest BCUT2D eigenvalue weighted by Crippen LogP contribution is -2.64. The summed E-state index contributed by atoms with van der Waals surface area (Å²) in [6.45, 7) is 14.5. The fourth-order valence-electron chi connectivity index (χ4n) is 2.69. The van der Waals surface area contributed by atoms with E-state index in [-0.39, 0.29) is 0 Å². The zero-order chi connectivity index (χ0) is 15.9. The average molecular weight is 335 g/mol. The van der Waals surface area contributed by atoms with Crippen LogP contribution in [0.5, 0.6) is 0 Å². The van der Waals surface area contributed by atoms with Gasteiger partial charge in [-0.15, -0.1) is 0 Å². The molecular weight excluding hydrogens is 300 g/mol. The van der Waals surface area contributed by atoms with E-state index in [2.05, 4.69) is 43.5 Å². The third-order valence-corrected chi connectivity index (χ3v) is 11.2. The Kier molecular flexibility index (Phi) is 8.04. The summed E-state index contributed by atoms with van der Waals surface area (Å²) in [7, 11) is 0.150. The fourth-order valence-corrected chi connectivity index (χ4v) is 9.40. The third kappa shape index (κ3) is 5.74. The highest BCUT2D eigenvalue weighted by Gasteiger charge is 2.46. The highest BCUT2D eigenvalue weighted by atomic mass is 28.4. The molecule has 0 aliphatic carbocycles. The second-order valence-corrected chi connectivity index (χ2v) is 13.9. The Morgan fingerprint density at radius 3 is 1.86 bits per heavy atom. The van der Waals surface area contributed by atoms with Gasteiger partial charge in [0.25, 0.3) is 0 Å². The van der Waals surface area contributed by atoms with E-state index in [1.165, 1.54) is 0 Å². The Hall–Kier alpha value is 0.234. The van der Waals surface area contributed by atoms with Gasteiger partial charge >= 0.3 is 8.72 Å². The molecule has 0 amide bonds. The molecule has 0 N–H and O–H groups in total. The maximum absolute atomic E-state index is 6.28. The molecule has 21 heavy (non-hydrogen) atoms. The molecule has 0 bridgehead atoms. The lowest BCUT2D eigenvalue weighted by Gasteiger charge is -2.44. The van der Waals surface area contributed by atoms with E-state index < -0.39 is 17.0 Å². The van der Waals surface area contributed by atoms with Gasteiger partial charge in [0, 0.05) is 52.5 Å². The van der Waals surface area contributed by atoms with Crippen molar-refractivity contribution in [2.24, 2.45) is 0 Å². The Morgan fingerprint density at radius 1 is 0.905 bits per heavy atom. The Balaban J connectivity index is 2.81. The lowest BCUT2D eigenvalue weighted by molar-refractivity contribution is 0.0946. The summed E-state index contributed by atoms with van der Waals surface area (Å²) in [6.07, 6.45) is 0. The van der Waals surface area contributed by atoms with Crippen LogP contribution in [0.4, 0.5) is 0 Å². The van der Waals surface area contributed by atoms with Crippen LogP contribution in [0.1, 0.15) is 13.8 Å². The van der Waals surface area contributed by atoms with Crippen LogP contribution in [0.25, 0.3) is 0 Å². The van der Waals surface area contributed by atoms with Crippen molar-refractivity contribution in [1.29, 1.82) is 0 Å². The van der Waals surface area contributed by atoms with Gasteiger partial charge in [-0.2, -0.15) is 0 Å². The predicted molar refractivity (Wildman–Crippen MR) is 92.2 cm³/mol. The van der Waals surface area contributed by atoms with Gasteiger partial charge in [-0.1, -0.05) is 0 Å². The van der Waals surface area contributed by atoms with E-state index in [1.54, 1.807) is 0 Å². The molecule has 0 unspecified atom stereocenters. The molecule has 5 nitrogen and oxygen atoms in total. The molecule has 0 atom stereocenters. The van der Waals surface area contributed by atoms with Crippen LogP contribution in [0.3, 0.4) is 0 Å². The van der Waals surface area contributed by atoms with Crippen LogP contribution >= 0.6 is 0 Å². The Labute approximate surface area is 133 Å². The molecule has 1 heterocycles. The summed E-state index contributed by atoms with van der Waals surface area (Å²) in [4.78, 5) is 2.38. The Morgan fingerprint density at radius 2 is 1.43 bits per heavy atom. The monoisotopic (exact) mass is 334 g/mol. The van der Waals surface area contributed by atoms with Crippen LogP contribution < -0.4 is 0 Å². The van der Waals surface area contributed by atoms with Crippen molar-refractivity contribution in [3.8, 4) is 0 Å². The standard InChI is InChI=1S/C14H34N2O3Si2/c1-7-18-21(19-8-2,14-13-20(5,6)17-4)16-11-9-15(3)10-12-16/h7-14H2,1-6H3. The highest BCUT2D eigenvalue weighted by Crippen LogP contribution is 2.27. The number of likely N-dealkylation sites (N-methyl/N-ethyl adjacent to an activating group) is 1. The van der Waals surface area contributed by atoms with Crippen LogP contribution in [-0.2, 0) is 13.3 Å². The molecule has 0 aromatic rings. The smallest absolute Gasteiger partial charge is 0.420 e. The number of piperazine rings is 1. The summed E-state index contributed by atoms with van der Waals surface area (Å²) in [5.74, 6) is 0. The summed E-state index contributed by atoms with van der Waals surface area (Å²) >= 11 is 0. The average Bonchev–Trinajstić information content (AvgIpc) is 2.46. The summed E-state index contributed by atoms with van der Waals surface area (Å²) in [6, 6.07) is 2.12. The van der Waals surface area contributed by atoms with Gasteiger partial charge in [0.1, 0.15) is 0 Å². The first kappa shape index (κ1) is 19.3. The van der Waals surface area contributed by atoms with Gasteiger partial charge in [0.2, 0.25) is 0 Å². The molecule has 0 spiro atoms. The zero-order valence-electron chi connectivity index (χ0n) is 14.8. The minimum Gasteiger partial charge on any atom is -0.420 e. The van der Waals surface area contributed by atoms with Crippen LogP contribution in [-0.4, -0.2) is 80.1 Å². The summed E-state index contributed by atoms with van der Waals surface area (Å²) in [5, 5.41) is 0. The maximum Gasteiger partial charge on any atom is 0.427 e. The molecule has 0 aromatic carbocycles. The van der Waals surface area contributed by atoms with Crippen LogP contribution in [0.15, 0.2) is 0 Å². The topological polar surface area (TPSA) is 34.2 Å². The van der Waals surface area contributed by atoms with Crippen LogP contribution in [0.2, 0.25) is 25.2 Å². The molecule has 1 saturated heterocycles. The SMILES string of the molecule is CCO[Si](CC[Si](C)(C)OC)(OCC)N1CCN(C)CC1. The molecule has 1 fully saturated rings. The van der Waals surface area contributed by atoms with Crippen molar-refractivity contribution in [3.63, 3.8) is 0 Å². The van der Waals surface area contributed by atoms with Gasteiger partial charge in [0.15, 0.2) is 8.32 Å². The van der Waals surface area contributed by atoms with Crippen molar-refractivity contribution in [2.75, 3.05) is 53.6 Å². The van der Waals surface area contributed by atoms with Gasteiger partial charge in [0.05, 0.1) is 0 Å². The largest absolute Gasteiger partial charge is 0.427 e. The van der Waals surface area contributed by atoms with Crippen molar-refractivity contribution < 1.29 is 13.3 Å². The van der Waals surface area contributed by atoms with Crippen molar-refractivity contribution in [2.45, 2.75) is 39.0 Å². The normalized spacial score (nSPS) is 19.1. The zero-order valence-corrected chi connectivity index (χ0v) is 16.8. The third-order valence-electron chi connectivity index (χ3n) is 4.32. The first-order valence-electron chi connectivity index (χ1n) is 8.16. The molecular formula is C14H34N2O3Si2. The van der Waals surface area contributed by atoms with E-state index in [4.69, 9.17) is 13.3 Å². The van der Waals surface area contributed by atoms with E-state index in [1.807, 2.05) is 7.11 Å². The van der Waals surface area contributed by atoms with E-state index in [0.717, 1.165) is 51.5 Å². The quantitative estimate of drug-likeness (QED) is 0.603. The van der Waals surface area contributed by atoms with E-state index in [0.29, 0.717) is 0 Å². The van der Waals surface area contributed by atoms with Gasteiger partial charge < -0.3 is 18.2 Å². The minimum absolute atomic E-state index is 0.730. The number of nitrogens with zero attached hydrogens (tertiary/aromatic N) is 2. The number of hydrogen-bond donors (Lipinski definition) is 0. The van der Waals surface area contributed by atoms with E-state index in [9.17, 15) is 0 Å².